The Morgan fingerprint density at radius 3 is 2.56 bits per heavy atom. The maximum Gasteiger partial charge on any atom is 0.109 e. The minimum atomic E-state index is -0.593. The number of benzene rings is 1. The van der Waals surface area contributed by atoms with Crippen LogP contribution in [0.15, 0.2) is 42.5 Å². The van der Waals surface area contributed by atoms with Crippen molar-refractivity contribution in [3.63, 3.8) is 0 Å². The van der Waals surface area contributed by atoms with Crippen LogP contribution in [0.25, 0.3) is 0 Å². The largest absolute Gasteiger partial charge is 0.385 e. The highest BCUT2D eigenvalue weighted by Gasteiger charge is 2.17. The van der Waals surface area contributed by atoms with Gasteiger partial charge in [0, 0.05) is 6.61 Å². The van der Waals surface area contributed by atoms with Gasteiger partial charge in [0.05, 0.1) is 0 Å². The first kappa shape index (κ1) is 14.9. The molecule has 100 valence electrons. The molecule has 0 aliphatic carbocycles. The Hall–Kier alpha value is -1.12. The van der Waals surface area contributed by atoms with Crippen LogP contribution >= 0.6 is 0 Å². The Bertz CT molecular complexity index is 332. The Morgan fingerprint density at radius 2 is 1.94 bits per heavy atom. The molecule has 0 aliphatic heterocycles. The van der Waals surface area contributed by atoms with Crippen molar-refractivity contribution in [1.29, 1.82) is 0 Å². The molecule has 0 saturated heterocycles. The Kier molecular flexibility index (Phi) is 7.38. The molecule has 2 nitrogen and oxygen atoms in total. The maximum atomic E-state index is 10.3. The topological polar surface area (TPSA) is 29.5 Å². The lowest BCUT2D eigenvalue weighted by atomic mass is 10.0. The average Bonchev–Trinajstić information content (AvgIpc) is 2.42. The van der Waals surface area contributed by atoms with Gasteiger partial charge in [0.1, 0.15) is 12.2 Å². The lowest BCUT2D eigenvalue weighted by molar-refractivity contribution is -0.00589. The highest BCUT2D eigenvalue weighted by molar-refractivity contribution is 5.20. The van der Waals surface area contributed by atoms with Gasteiger partial charge in [-0.2, -0.15) is 0 Å². The first-order valence-electron chi connectivity index (χ1n) is 6.80. The van der Waals surface area contributed by atoms with Gasteiger partial charge in [0.2, 0.25) is 0 Å². The van der Waals surface area contributed by atoms with Crippen LogP contribution in [0.2, 0.25) is 0 Å². The van der Waals surface area contributed by atoms with E-state index in [-0.39, 0.29) is 6.10 Å². The van der Waals surface area contributed by atoms with Crippen molar-refractivity contribution in [3.05, 3.63) is 48.0 Å². The number of rotatable bonds is 8. The molecule has 2 atom stereocenters. The first-order chi connectivity index (χ1) is 8.79. The summed E-state index contributed by atoms with van der Waals surface area (Å²) in [7, 11) is 0. The molecule has 0 amide bonds. The van der Waals surface area contributed by atoms with Crippen LogP contribution in [0, 0.1) is 0 Å². The number of ether oxygens (including phenoxy) is 1. The monoisotopic (exact) mass is 248 g/mol. The van der Waals surface area contributed by atoms with Gasteiger partial charge in [-0.1, -0.05) is 62.2 Å². The van der Waals surface area contributed by atoms with E-state index in [0.717, 1.165) is 12.0 Å². The smallest absolute Gasteiger partial charge is 0.109 e. The molecule has 0 saturated carbocycles. The third-order valence-corrected chi connectivity index (χ3v) is 2.86. The molecule has 0 bridgehead atoms. The van der Waals surface area contributed by atoms with Gasteiger partial charge in [0.15, 0.2) is 0 Å². The fourth-order valence-electron chi connectivity index (χ4n) is 1.84. The summed E-state index contributed by atoms with van der Waals surface area (Å²) in [5.74, 6) is 0. The van der Waals surface area contributed by atoms with Crippen molar-refractivity contribution in [2.75, 3.05) is 6.61 Å². The summed E-state index contributed by atoms with van der Waals surface area (Å²) >= 11 is 0. The van der Waals surface area contributed by atoms with E-state index in [1.165, 1.54) is 12.8 Å². The lowest BCUT2D eigenvalue weighted by Gasteiger charge is -2.20. The van der Waals surface area contributed by atoms with Gasteiger partial charge in [-0.05, 0) is 18.9 Å². The Balaban J connectivity index is 2.63. The van der Waals surface area contributed by atoms with Crippen molar-refractivity contribution in [1.82, 2.24) is 0 Å². The second kappa shape index (κ2) is 8.90. The Morgan fingerprint density at radius 1 is 1.22 bits per heavy atom. The standard InChI is InChI=1S/C16H24O2/c1-3-5-6-10-13-15(18-4-2)16(17)14-11-8-7-9-12-14/h7-13,15-17H,3-6H2,1-2H3/b13-10+/t15-,16-/m1/s1. The van der Waals surface area contributed by atoms with Crippen LogP contribution in [0.4, 0.5) is 0 Å². The number of allylic oxidation sites excluding steroid dienone is 1. The van der Waals surface area contributed by atoms with Crippen LogP contribution in [0.3, 0.4) is 0 Å². The molecule has 0 fully saturated rings. The van der Waals surface area contributed by atoms with Crippen molar-refractivity contribution in [2.45, 2.75) is 45.3 Å². The third-order valence-electron chi connectivity index (χ3n) is 2.86. The summed E-state index contributed by atoms with van der Waals surface area (Å²) in [5.41, 5.74) is 0.899. The minimum Gasteiger partial charge on any atom is -0.385 e. The molecule has 1 N–H and O–H groups in total. The number of unbranched alkanes of at least 4 members (excludes halogenated alkanes) is 2. The maximum absolute atomic E-state index is 10.3. The van der Waals surface area contributed by atoms with Crippen LogP contribution in [-0.2, 0) is 4.74 Å². The molecular weight excluding hydrogens is 224 g/mol. The van der Waals surface area contributed by atoms with Crippen molar-refractivity contribution in [3.8, 4) is 0 Å². The number of aliphatic hydroxyl groups is 1. The van der Waals surface area contributed by atoms with Crippen LogP contribution in [0.5, 0.6) is 0 Å². The zero-order valence-electron chi connectivity index (χ0n) is 11.4. The predicted molar refractivity (Wildman–Crippen MR) is 75.5 cm³/mol. The van der Waals surface area contributed by atoms with E-state index in [9.17, 15) is 5.11 Å². The van der Waals surface area contributed by atoms with Crippen LogP contribution in [-0.4, -0.2) is 17.8 Å². The van der Waals surface area contributed by atoms with Crippen LogP contribution in [0.1, 0.15) is 44.8 Å². The zero-order valence-corrected chi connectivity index (χ0v) is 11.4. The van der Waals surface area contributed by atoms with Crippen molar-refractivity contribution < 1.29 is 9.84 Å². The molecule has 0 aliphatic rings. The van der Waals surface area contributed by atoms with Gasteiger partial charge in [-0.25, -0.2) is 0 Å². The molecule has 0 aromatic heterocycles. The number of hydrogen-bond acceptors (Lipinski definition) is 2. The summed E-state index contributed by atoms with van der Waals surface area (Å²) in [6, 6.07) is 9.67. The Labute approximate surface area is 110 Å². The van der Waals surface area contributed by atoms with Crippen LogP contribution < -0.4 is 0 Å². The van der Waals surface area contributed by atoms with E-state index in [2.05, 4.69) is 13.0 Å². The van der Waals surface area contributed by atoms with Gasteiger partial charge in [-0.15, -0.1) is 0 Å². The van der Waals surface area contributed by atoms with E-state index in [4.69, 9.17) is 4.74 Å². The van der Waals surface area contributed by atoms with E-state index in [1.54, 1.807) is 0 Å². The molecule has 0 heterocycles. The van der Waals surface area contributed by atoms with Crippen molar-refractivity contribution in [2.24, 2.45) is 0 Å². The fourth-order valence-corrected chi connectivity index (χ4v) is 1.84. The molecule has 1 aromatic carbocycles. The summed E-state index contributed by atoms with van der Waals surface area (Å²) in [5, 5.41) is 10.3. The molecule has 0 spiro atoms. The number of hydrogen-bond donors (Lipinski definition) is 1. The summed E-state index contributed by atoms with van der Waals surface area (Å²) in [4.78, 5) is 0. The summed E-state index contributed by atoms with van der Waals surface area (Å²) in [6.45, 7) is 4.73. The molecule has 1 aromatic rings. The van der Waals surface area contributed by atoms with Gasteiger partial charge >= 0.3 is 0 Å². The van der Waals surface area contributed by atoms with Gasteiger partial charge in [-0.3, -0.25) is 0 Å². The molecular formula is C16H24O2. The highest BCUT2D eigenvalue weighted by atomic mass is 16.5. The average molecular weight is 248 g/mol. The first-order valence-corrected chi connectivity index (χ1v) is 6.80. The van der Waals surface area contributed by atoms with E-state index in [0.29, 0.717) is 6.61 Å². The predicted octanol–water partition coefficient (Wildman–Crippen LogP) is 3.87. The second-order valence-corrected chi connectivity index (χ2v) is 4.35. The highest BCUT2D eigenvalue weighted by Crippen LogP contribution is 2.20. The lowest BCUT2D eigenvalue weighted by Crippen LogP contribution is -2.20. The van der Waals surface area contributed by atoms with E-state index in [1.807, 2.05) is 43.3 Å². The van der Waals surface area contributed by atoms with Gasteiger partial charge in [0.25, 0.3) is 0 Å². The fraction of sp³-hybridized carbons (Fsp3) is 0.500. The number of aliphatic hydroxyl groups excluding tert-OH is 1. The summed E-state index contributed by atoms with van der Waals surface area (Å²) < 4.78 is 5.60. The SMILES string of the molecule is CCCC/C=C/[C@@H](OCC)[C@H](O)c1ccccc1. The minimum absolute atomic E-state index is 0.255. The summed E-state index contributed by atoms with van der Waals surface area (Å²) in [6.07, 6.45) is 6.65. The molecule has 0 unspecified atom stereocenters. The normalized spacial score (nSPS) is 14.8. The zero-order chi connectivity index (χ0) is 13.2. The van der Waals surface area contributed by atoms with E-state index < -0.39 is 6.10 Å². The molecule has 0 radical (unpaired) electrons. The molecule has 2 heteroatoms. The van der Waals surface area contributed by atoms with Gasteiger partial charge < -0.3 is 9.84 Å². The quantitative estimate of drug-likeness (QED) is 0.559. The van der Waals surface area contributed by atoms with Crippen molar-refractivity contribution >= 4 is 0 Å². The van der Waals surface area contributed by atoms with E-state index >= 15 is 0 Å². The molecule has 18 heavy (non-hydrogen) atoms. The molecule has 1 rings (SSSR count). The second-order valence-electron chi connectivity index (χ2n) is 4.35. The third kappa shape index (κ3) is 5.03.